The number of hydrogen-bond acceptors (Lipinski definition) is 3. The fraction of sp³-hybridized carbons (Fsp3) is 0.583. The zero-order valence-electron chi connectivity index (χ0n) is 9.90. The summed E-state index contributed by atoms with van der Waals surface area (Å²) in [6.45, 7) is 6.05. The van der Waals surface area contributed by atoms with Gasteiger partial charge in [-0.15, -0.1) is 0 Å². The Balaban J connectivity index is 2.46. The Hall–Kier alpha value is -0.930. The van der Waals surface area contributed by atoms with E-state index in [1.807, 2.05) is 24.5 Å². The van der Waals surface area contributed by atoms with Crippen LogP contribution < -0.4 is 5.73 Å². The summed E-state index contributed by atoms with van der Waals surface area (Å²) in [5.41, 5.74) is 7.30. The number of pyridine rings is 1. The Bertz CT molecular complexity index is 282. The van der Waals surface area contributed by atoms with Gasteiger partial charge in [0.1, 0.15) is 0 Å². The second kappa shape index (κ2) is 5.24. The van der Waals surface area contributed by atoms with Crippen LogP contribution in [0.3, 0.4) is 0 Å². The third-order valence-corrected chi connectivity index (χ3v) is 2.64. The van der Waals surface area contributed by atoms with E-state index in [1.165, 1.54) is 5.56 Å². The van der Waals surface area contributed by atoms with Gasteiger partial charge in [0.05, 0.1) is 0 Å². The first-order valence-corrected chi connectivity index (χ1v) is 5.40. The van der Waals surface area contributed by atoms with Crippen LogP contribution in [0, 0.1) is 0 Å². The number of hydrogen-bond donors (Lipinski definition) is 1. The van der Waals surface area contributed by atoms with Crippen molar-refractivity contribution in [2.45, 2.75) is 32.4 Å². The Morgan fingerprint density at radius 2 is 2.00 bits per heavy atom. The highest BCUT2D eigenvalue weighted by molar-refractivity contribution is 5.09. The van der Waals surface area contributed by atoms with Gasteiger partial charge in [-0.1, -0.05) is 6.92 Å². The van der Waals surface area contributed by atoms with Crippen LogP contribution in [0.5, 0.6) is 0 Å². The van der Waals surface area contributed by atoms with Gasteiger partial charge < -0.3 is 10.6 Å². The van der Waals surface area contributed by atoms with Crippen molar-refractivity contribution in [2.75, 3.05) is 13.6 Å². The number of likely N-dealkylation sites (N-methyl/N-ethyl adjacent to an activating group) is 1. The highest BCUT2D eigenvalue weighted by atomic mass is 15.1. The summed E-state index contributed by atoms with van der Waals surface area (Å²) in [7, 11) is 2.10. The van der Waals surface area contributed by atoms with E-state index in [0.29, 0.717) is 0 Å². The summed E-state index contributed by atoms with van der Waals surface area (Å²) in [6.07, 6.45) is 4.64. The molecule has 2 N–H and O–H groups in total. The van der Waals surface area contributed by atoms with E-state index in [9.17, 15) is 0 Å². The SMILES string of the molecule is CCC(C)(N)CN(C)Cc1ccncc1. The van der Waals surface area contributed by atoms with E-state index in [-0.39, 0.29) is 5.54 Å². The quantitative estimate of drug-likeness (QED) is 0.798. The van der Waals surface area contributed by atoms with Crippen LogP contribution in [0.1, 0.15) is 25.8 Å². The molecule has 0 aliphatic heterocycles. The molecule has 15 heavy (non-hydrogen) atoms. The van der Waals surface area contributed by atoms with Crippen molar-refractivity contribution in [1.82, 2.24) is 9.88 Å². The molecule has 3 heteroatoms. The van der Waals surface area contributed by atoms with Gasteiger partial charge in [0.2, 0.25) is 0 Å². The predicted octanol–water partition coefficient (Wildman–Crippen LogP) is 1.64. The topological polar surface area (TPSA) is 42.1 Å². The van der Waals surface area contributed by atoms with E-state index in [1.54, 1.807) is 0 Å². The summed E-state index contributed by atoms with van der Waals surface area (Å²) >= 11 is 0. The first-order chi connectivity index (χ1) is 7.03. The molecule has 1 rings (SSSR count). The maximum absolute atomic E-state index is 6.12. The molecule has 1 heterocycles. The highest BCUT2D eigenvalue weighted by Gasteiger charge is 2.17. The Morgan fingerprint density at radius 1 is 1.40 bits per heavy atom. The molecule has 84 valence electrons. The van der Waals surface area contributed by atoms with E-state index in [4.69, 9.17) is 5.73 Å². The predicted molar refractivity (Wildman–Crippen MR) is 63.5 cm³/mol. The fourth-order valence-electron chi connectivity index (χ4n) is 1.58. The summed E-state index contributed by atoms with van der Waals surface area (Å²) in [5.74, 6) is 0. The van der Waals surface area contributed by atoms with Gasteiger partial charge in [0, 0.05) is 31.0 Å². The largest absolute Gasteiger partial charge is 0.324 e. The van der Waals surface area contributed by atoms with Crippen LogP contribution in [0.25, 0.3) is 0 Å². The van der Waals surface area contributed by atoms with Crippen molar-refractivity contribution < 1.29 is 0 Å². The Kier molecular flexibility index (Phi) is 4.24. The zero-order valence-corrected chi connectivity index (χ0v) is 9.90. The molecular formula is C12H21N3. The second-order valence-electron chi connectivity index (χ2n) is 4.54. The molecule has 0 aromatic carbocycles. The zero-order chi connectivity index (χ0) is 11.3. The molecule has 0 aliphatic carbocycles. The Morgan fingerprint density at radius 3 is 2.53 bits per heavy atom. The number of rotatable bonds is 5. The van der Waals surface area contributed by atoms with E-state index in [2.05, 4.69) is 30.8 Å². The van der Waals surface area contributed by atoms with Gasteiger partial charge in [0.15, 0.2) is 0 Å². The minimum Gasteiger partial charge on any atom is -0.324 e. The molecule has 1 atom stereocenters. The number of nitrogens with two attached hydrogens (primary N) is 1. The summed E-state index contributed by atoms with van der Waals surface area (Å²) in [6, 6.07) is 4.08. The van der Waals surface area contributed by atoms with E-state index >= 15 is 0 Å². The Labute approximate surface area is 92.3 Å². The lowest BCUT2D eigenvalue weighted by Crippen LogP contribution is -2.45. The van der Waals surface area contributed by atoms with Crippen LogP contribution >= 0.6 is 0 Å². The van der Waals surface area contributed by atoms with Crippen molar-refractivity contribution in [1.29, 1.82) is 0 Å². The maximum Gasteiger partial charge on any atom is 0.0271 e. The lowest BCUT2D eigenvalue weighted by atomic mass is 10.00. The van der Waals surface area contributed by atoms with E-state index < -0.39 is 0 Å². The van der Waals surface area contributed by atoms with Crippen LogP contribution in [-0.2, 0) is 6.54 Å². The fourth-order valence-corrected chi connectivity index (χ4v) is 1.58. The van der Waals surface area contributed by atoms with Crippen LogP contribution in [-0.4, -0.2) is 29.0 Å². The molecule has 0 saturated heterocycles. The van der Waals surface area contributed by atoms with Crippen LogP contribution in [0.2, 0.25) is 0 Å². The molecule has 0 radical (unpaired) electrons. The van der Waals surface area contributed by atoms with Crippen molar-refractivity contribution >= 4 is 0 Å². The average Bonchev–Trinajstić information content (AvgIpc) is 2.18. The van der Waals surface area contributed by atoms with Crippen LogP contribution in [0.4, 0.5) is 0 Å². The molecule has 0 spiro atoms. The molecule has 0 amide bonds. The van der Waals surface area contributed by atoms with Gasteiger partial charge in [-0.3, -0.25) is 4.98 Å². The standard InChI is InChI=1S/C12H21N3/c1-4-12(2,13)10-15(3)9-11-5-7-14-8-6-11/h5-8H,4,9-10,13H2,1-3H3. The minimum atomic E-state index is -0.0955. The van der Waals surface area contributed by atoms with Gasteiger partial charge in [-0.2, -0.15) is 0 Å². The average molecular weight is 207 g/mol. The van der Waals surface area contributed by atoms with Crippen LogP contribution in [0.15, 0.2) is 24.5 Å². The van der Waals surface area contributed by atoms with Gasteiger partial charge >= 0.3 is 0 Å². The van der Waals surface area contributed by atoms with Crippen molar-refractivity contribution in [3.05, 3.63) is 30.1 Å². The molecule has 0 fully saturated rings. The maximum atomic E-state index is 6.12. The summed E-state index contributed by atoms with van der Waals surface area (Å²) < 4.78 is 0. The molecule has 0 bridgehead atoms. The number of nitrogens with zero attached hydrogens (tertiary/aromatic N) is 2. The van der Waals surface area contributed by atoms with Gasteiger partial charge in [-0.25, -0.2) is 0 Å². The van der Waals surface area contributed by atoms with Gasteiger partial charge in [-0.05, 0) is 38.1 Å². The lowest BCUT2D eigenvalue weighted by molar-refractivity contribution is 0.246. The third-order valence-electron chi connectivity index (χ3n) is 2.64. The molecule has 3 nitrogen and oxygen atoms in total. The van der Waals surface area contributed by atoms with Crippen molar-refractivity contribution in [3.8, 4) is 0 Å². The highest BCUT2D eigenvalue weighted by Crippen LogP contribution is 2.09. The molecule has 0 saturated carbocycles. The first-order valence-electron chi connectivity index (χ1n) is 5.40. The second-order valence-corrected chi connectivity index (χ2v) is 4.54. The minimum absolute atomic E-state index is 0.0955. The summed E-state index contributed by atoms with van der Waals surface area (Å²) in [5, 5.41) is 0. The monoisotopic (exact) mass is 207 g/mol. The molecule has 1 aromatic rings. The van der Waals surface area contributed by atoms with Crippen molar-refractivity contribution in [2.24, 2.45) is 5.73 Å². The molecule has 1 unspecified atom stereocenters. The molecule has 0 aliphatic rings. The normalized spacial score (nSPS) is 15.3. The van der Waals surface area contributed by atoms with Crippen molar-refractivity contribution in [3.63, 3.8) is 0 Å². The smallest absolute Gasteiger partial charge is 0.0271 e. The van der Waals surface area contributed by atoms with E-state index in [0.717, 1.165) is 19.5 Å². The lowest BCUT2D eigenvalue weighted by Gasteiger charge is -2.29. The summed E-state index contributed by atoms with van der Waals surface area (Å²) in [4.78, 5) is 6.25. The van der Waals surface area contributed by atoms with Gasteiger partial charge in [0.25, 0.3) is 0 Å². The first kappa shape index (κ1) is 12.1. The number of aromatic nitrogens is 1. The molecular weight excluding hydrogens is 186 g/mol. The molecule has 1 aromatic heterocycles. The third kappa shape index (κ3) is 4.40.